The van der Waals surface area contributed by atoms with Gasteiger partial charge in [-0.1, -0.05) is 81.1 Å². The topological polar surface area (TPSA) is 58.4 Å². The summed E-state index contributed by atoms with van der Waals surface area (Å²) in [5.74, 6) is 1.50. The highest BCUT2D eigenvalue weighted by atomic mass is 16.2. The van der Waals surface area contributed by atoms with Crippen molar-refractivity contribution < 1.29 is 4.79 Å². The lowest BCUT2D eigenvalue weighted by Gasteiger charge is -2.42. The Kier molecular flexibility index (Phi) is 6.46. The monoisotopic (exact) mass is 485 g/mol. The number of nitrogens with two attached hydrogens (primary N) is 1. The first-order valence-corrected chi connectivity index (χ1v) is 14.6. The molecule has 2 aliphatic carbocycles. The van der Waals surface area contributed by atoms with Gasteiger partial charge in [-0.25, -0.2) is 0 Å². The molecule has 192 valence electrons. The second-order valence-electron chi connectivity index (χ2n) is 11.9. The van der Waals surface area contributed by atoms with Gasteiger partial charge >= 0.3 is 0 Å². The van der Waals surface area contributed by atoms with Crippen molar-refractivity contribution >= 4 is 5.91 Å². The first kappa shape index (κ1) is 24.2. The highest BCUT2D eigenvalue weighted by Crippen LogP contribution is 2.76. The largest absolute Gasteiger partial charge is 0.339 e. The van der Waals surface area contributed by atoms with Crippen LogP contribution in [0.25, 0.3) is 0 Å². The number of hydrogen-bond donors (Lipinski definition) is 2. The van der Waals surface area contributed by atoms with Crippen LogP contribution in [0.15, 0.2) is 48.5 Å². The van der Waals surface area contributed by atoms with Gasteiger partial charge in [0.15, 0.2) is 0 Å². The first-order valence-electron chi connectivity index (χ1n) is 14.6. The van der Waals surface area contributed by atoms with E-state index in [2.05, 4.69) is 65.7 Å². The van der Waals surface area contributed by atoms with Gasteiger partial charge in [-0.15, -0.1) is 0 Å². The van der Waals surface area contributed by atoms with Gasteiger partial charge in [-0.3, -0.25) is 4.79 Å². The van der Waals surface area contributed by atoms with E-state index >= 15 is 0 Å². The van der Waals surface area contributed by atoms with Gasteiger partial charge in [-0.05, 0) is 66.2 Å². The molecular formula is C32H43N3O. The predicted octanol–water partition coefficient (Wildman–Crippen LogP) is 5.29. The normalized spacial score (nSPS) is 32.5. The third kappa shape index (κ3) is 3.51. The van der Waals surface area contributed by atoms with E-state index in [-0.39, 0.29) is 10.8 Å². The zero-order valence-corrected chi connectivity index (χ0v) is 22.0. The zero-order chi connectivity index (χ0) is 24.8. The van der Waals surface area contributed by atoms with Crippen molar-refractivity contribution in [2.24, 2.45) is 17.1 Å². The molecule has 1 spiro atoms. The number of likely N-dealkylation sites (tertiary alicyclic amines) is 1. The number of benzene rings is 2. The minimum absolute atomic E-state index is 0.0219. The van der Waals surface area contributed by atoms with Crippen LogP contribution in [0.2, 0.25) is 0 Å². The van der Waals surface area contributed by atoms with E-state index in [4.69, 9.17) is 5.73 Å². The number of unbranched alkanes of at least 4 members (excludes halogenated alkanes) is 3. The maximum absolute atomic E-state index is 14.7. The van der Waals surface area contributed by atoms with Gasteiger partial charge in [0.05, 0.1) is 5.41 Å². The average Bonchev–Trinajstić information content (AvgIpc) is 3.33. The number of hydrogen-bond acceptors (Lipinski definition) is 3. The van der Waals surface area contributed by atoms with Crippen molar-refractivity contribution in [1.82, 2.24) is 10.2 Å². The van der Waals surface area contributed by atoms with Crippen LogP contribution in [0.3, 0.4) is 0 Å². The highest BCUT2D eigenvalue weighted by Gasteiger charge is 2.83. The fraction of sp³-hybridized carbons (Fsp3) is 0.594. The number of piperidine rings is 2. The fourth-order valence-electron chi connectivity index (χ4n) is 8.65. The molecule has 36 heavy (non-hydrogen) atoms. The van der Waals surface area contributed by atoms with E-state index < -0.39 is 0 Å². The Bertz CT molecular complexity index is 1100. The molecule has 2 heterocycles. The van der Waals surface area contributed by atoms with Gasteiger partial charge in [-0.2, -0.15) is 0 Å². The Morgan fingerprint density at radius 3 is 2.72 bits per heavy atom. The quantitative estimate of drug-likeness (QED) is 0.499. The molecule has 0 bridgehead atoms. The molecule has 2 aliphatic heterocycles. The second-order valence-corrected chi connectivity index (χ2v) is 11.9. The Hall–Kier alpha value is -2.17. The number of fused-ring (bicyclic) bond motifs is 2. The molecule has 4 aliphatic rings. The van der Waals surface area contributed by atoms with Crippen LogP contribution in [0.1, 0.15) is 86.5 Å². The third-order valence-corrected chi connectivity index (χ3v) is 10.4. The van der Waals surface area contributed by atoms with E-state index in [1.807, 2.05) is 0 Å². The van der Waals surface area contributed by atoms with E-state index in [1.54, 1.807) is 0 Å². The summed E-state index contributed by atoms with van der Waals surface area (Å²) in [6, 6.07) is 18.0. The van der Waals surface area contributed by atoms with E-state index in [9.17, 15) is 4.79 Å². The molecule has 2 aromatic carbocycles. The summed E-state index contributed by atoms with van der Waals surface area (Å²) in [6.45, 7) is 5.54. The molecule has 3 fully saturated rings. The van der Waals surface area contributed by atoms with Crippen molar-refractivity contribution in [2.75, 3.05) is 19.6 Å². The summed E-state index contributed by atoms with van der Waals surface area (Å²) in [5, 5.41) is 3.68. The molecule has 2 aromatic rings. The molecule has 0 aromatic heterocycles. The lowest BCUT2D eigenvalue weighted by Crippen LogP contribution is -2.50. The number of rotatable bonds is 8. The van der Waals surface area contributed by atoms with E-state index in [0.29, 0.717) is 30.3 Å². The van der Waals surface area contributed by atoms with Gasteiger partial charge in [0.2, 0.25) is 5.91 Å². The standard InChI is InChI=1S/C32H43N3O/c1-2-3-4-8-13-26-19-24(23-10-6-5-7-11-23)17-18-35(26)30(36)32-22-34-21-31(32)28-14-9-12-25(20-33)27(28)15-16-29(31)32/h5-7,9-12,14,24,26,29,34H,2-4,8,13,15-22,33H2,1H3. The van der Waals surface area contributed by atoms with Crippen LogP contribution in [0.4, 0.5) is 0 Å². The Balaban J connectivity index is 1.29. The summed E-state index contributed by atoms with van der Waals surface area (Å²) >= 11 is 0. The van der Waals surface area contributed by atoms with Crippen molar-refractivity contribution in [3.63, 3.8) is 0 Å². The van der Waals surface area contributed by atoms with Crippen molar-refractivity contribution in [2.45, 2.75) is 88.6 Å². The summed E-state index contributed by atoms with van der Waals surface area (Å²) in [6.07, 6.45) is 10.6. The Labute approximate surface area is 217 Å². The molecular weight excluding hydrogens is 442 g/mol. The number of nitrogens with one attached hydrogen (secondary N) is 1. The smallest absolute Gasteiger partial charge is 0.231 e. The van der Waals surface area contributed by atoms with Crippen LogP contribution < -0.4 is 11.1 Å². The Morgan fingerprint density at radius 2 is 1.92 bits per heavy atom. The third-order valence-electron chi connectivity index (χ3n) is 10.4. The summed E-state index contributed by atoms with van der Waals surface area (Å²) in [5.41, 5.74) is 11.4. The van der Waals surface area contributed by atoms with Gasteiger partial charge in [0, 0.05) is 37.6 Å². The minimum Gasteiger partial charge on any atom is -0.339 e. The molecule has 6 rings (SSSR count). The number of amides is 1. The van der Waals surface area contributed by atoms with Crippen LogP contribution in [0, 0.1) is 11.3 Å². The lowest BCUT2D eigenvalue weighted by atomic mass is 9.78. The maximum atomic E-state index is 14.7. The molecule has 2 saturated heterocycles. The second kappa shape index (κ2) is 9.61. The Morgan fingerprint density at radius 1 is 1.06 bits per heavy atom. The number of carbonyl (C=O) groups excluding carboxylic acids is 1. The SMILES string of the molecule is CCCCCCC1CC(c2ccccc2)CCN1C(=O)C12CNCC13c1cccc(CN)c1CCC23. The van der Waals surface area contributed by atoms with Crippen molar-refractivity contribution in [3.05, 3.63) is 70.8 Å². The number of carbonyl (C=O) groups is 1. The van der Waals surface area contributed by atoms with Crippen LogP contribution in [-0.2, 0) is 23.2 Å². The fourth-order valence-corrected chi connectivity index (χ4v) is 8.65. The minimum atomic E-state index is -0.257. The van der Waals surface area contributed by atoms with E-state index in [1.165, 1.54) is 47.9 Å². The molecule has 5 atom stereocenters. The lowest BCUT2D eigenvalue weighted by molar-refractivity contribution is -0.142. The van der Waals surface area contributed by atoms with Crippen molar-refractivity contribution in [1.29, 1.82) is 0 Å². The summed E-state index contributed by atoms with van der Waals surface area (Å²) in [4.78, 5) is 17.1. The van der Waals surface area contributed by atoms with Gasteiger partial charge < -0.3 is 16.0 Å². The zero-order valence-electron chi connectivity index (χ0n) is 22.0. The van der Waals surface area contributed by atoms with Gasteiger partial charge in [0.1, 0.15) is 0 Å². The molecule has 1 amide bonds. The molecule has 0 radical (unpaired) electrons. The van der Waals surface area contributed by atoms with Crippen LogP contribution >= 0.6 is 0 Å². The molecule has 4 nitrogen and oxygen atoms in total. The summed E-state index contributed by atoms with van der Waals surface area (Å²) in [7, 11) is 0. The van der Waals surface area contributed by atoms with Crippen LogP contribution in [-0.4, -0.2) is 36.5 Å². The number of nitrogens with zero attached hydrogens (tertiary/aromatic N) is 1. The molecule has 4 heteroatoms. The van der Waals surface area contributed by atoms with Gasteiger partial charge in [0.25, 0.3) is 0 Å². The maximum Gasteiger partial charge on any atom is 0.231 e. The first-order chi connectivity index (χ1) is 17.7. The van der Waals surface area contributed by atoms with Crippen molar-refractivity contribution in [3.8, 4) is 0 Å². The molecule has 5 unspecified atom stereocenters. The molecule has 1 saturated carbocycles. The van der Waals surface area contributed by atoms with E-state index in [0.717, 1.165) is 51.7 Å². The average molecular weight is 486 g/mol. The highest BCUT2D eigenvalue weighted by molar-refractivity contribution is 5.92. The van der Waals surface area contributed by atoms with Crippen LogP contribution in [0.5, 0.6) is 0 Å². The summed E-state index contributed by atoms with van der Waals surface area (Å²) < 4.78 is 0. The predicted molar refractivity (Wildman–Crippen MR) is 146 cm³/mol. The molecule has 3 N–H and O–H groups in total.